The van der Waals surface area contributed by atoms with E-state index >= 15 is 0 Å². The van der Waals surface area contributed by atoms with E-state index in [1.165, 1.54) is 109 Å². The fraction of sp³-hybridized carbons (Fsp3) is 0.925. The molecule has 0 aromatic heterocycles. The molecule has 3 amide bonds. The zero-order chi connectivity index (χ0) is 37.5. The van der Waals surface area contributed by atoms with Gasteiger partial charge >= 0.3 is 0 Å². The minimum Gasteiger partial charge on any atom is -0.394 e. The summed E-state index contributed by atoms with van der Waals surface area (Å²) < 4.78 is 6.06. The Labute approximate surface area is 310 Å². The summed E-state index contributed by atoms with van der Waals surface area (Å²) in [4.78, 5) is 39.7. The van der Waals surface area contributed by atoms with Crippen molar-refractivity contribution >= 4 is 17.7 Å². The van der Waals surface area contributed by atoms with Crippen molar-refractivity contribution < 1.29 is 34.4 Å². The van der Waals surface area contributed by atoms with Crippen LogP contribution in [0.2, 0.25) is 0 Å². The number of rotatable bonds is 33. The Morgan fingerprint density at radius 2 is 1.06 bits per heavy atom. The molecule has 300 valence electrons. The lowest BCUT2D eigenvalue weighted by Crippen LogP contribution is -2.69. The van der Waals surface area contributed by atoms with Crippen LogP contribution in [0.5, 0.6) is 0 Å². The molecule has 1 aliphatic heterocycles. The van der Waals surface area contributed by atoms with E-state index in [1.54, 1.807) is 4.90 Å². The van der Waals surface area contributed by atoms with Gasteiger partial charge in [0, 0.05) is 13.0 Å². The Morgan fingerprint density at radius 1 is 0.627 bits per heavy atom. The number of hydrogen-bond donors (Lipinski definition) is 6. The van der Waals surface area contributed by atoms with Gasteiger partial charge in [-0.2, -0.15) is 0 Å². The van der Waals surface area contributed by atoms with Gasteiger partial charge in [0.05, 0.1) is 19.7 Å². The van der Waals surface area contributed by atoms with Gasteiger partial charge in [-0.3, -0.25) is 14.4 Å². The van der Waals surface area contributed by atoms with Crippen LogP contribution in [0.25, 0.3) is 0 Å². The van der Waals surface area contributed by atoms with Crippen molar-refractivity contribution in [3.05, 3.63) is 0 Å². The van der Waals surface area contributed by atoms with Crippen LogP contribution in [0.3, 0.4) is 0 Å². The molecule has 5 atom stereocenters. The maximum atomic E-state index is 13.8. The normalized spacial score (nSPS) is 20.3. The summed E-state index contributed by atoms with van der Waals surface area (Å²) in [6, 6.07) is -1.15. The fourth-order valence-corrected chi connectivity index (χ4v) is 6.96. The number of aliphatic hydroxyl groups is 3. The van der Waals surface area contributed by atoms with Crippen LogP contribution in [-0.4, -0.2) is 94.8 Å². The number of aliphatic hydroxyl groups excluding tert-OH is 3. The third kappa shape index (κ3) is 22.1. The van der Waals surface area contributed by atoms with Crippen LogP contribution < -0.4 is 16.4 Å². The molecule has 1 rings (SSSR count). The van der Waals surface area contributed by atoms with Gasteiger partial charge in [0.1, 0.15) is 24.4 Å². The largest absolute Gasteiger partial charge is 0.394 e. The second kappa shape index (κ2) is 31.7. The highest BCUT2D eigenvalue weighted by molar-refractivity contribution is 5.85. The standard InChI is InChI=1S/C40H78N4O7/c1-3-5-7-9-11-13-14-15-16-17-18-19-21-23-25-27-29-44(36(48)28-26-24-22-20-12-10-8-6-4-2)40-37(39(50)38(49)33(32-45)51-40)43-35(47)31-42-34(46)30-41/h33,37-40,45,49-50H,3-32,41H2,1-2H3,(H,42,46)(H,43,47)/t33-,37-,38-,39-,40-/m1/s1. The minimum absolute atomic E-state index is 0.139. The van der Waals surface area contributed by atoms with Gasteiger partial charge in [0.2, 0.25) is 17.7 Å². The molecule has 7 N–H and O–H groups in total. The summed E-state index contributed by atoms with van der Waals surface area (Å²) in [5.41, 5.74) is 5.33. The molecule has 51 heavy (non-hydrogen) atoms. The van der Waals surface area contributed by atoms with Crippen molar-refractivity contribution in [1.82, 2.24) is 15.5 Å². The third-order valence-electron chi connectivity index (χ3n) is 10.2. The van der Waals surface area contributed by atoms with Gasteiger partial charge in [-0.05, 0) is 12.8 Å². The molecule has 0 bridgehead atoms. The highest BCUT2D eigenvalue weighted by atomic mass is 16.5. The van der Waals surface area contributed by atoms with Crippen molar-refractivity contribution in [3.8, 4) is 0 Å². The van der Waals surface area contributed by atoms with Crippen molar-refractivity contribution in [2.45, 2.75) is 211 Å². The Morgan fingerprint density at radius 3 is 1.49 bits per heavy atom. The van der Waals surface area contributed by atoms with Crippen LogP contribution in [-0.2, 0) is 19.1 Å². The second-order valence-electron chi connectivity index (χ2n) is 14.8. The Balaban J connectivity index is 2.69. The molecule has 11 nitrogen and oxygen atoms in total. The lowest BCUT2D eigenvalue weighted by Gasteiger charge is -2.47. The van der Waals surface area contributed by atoms with E-state index < -0.39 is 49.0 Å². The van der Waals surface area contributed by atoms with E-state index in [-0.39, 0.29) is 19.0 Å². The lowest BCUT2D eigenvalue weighted by molar-refractivity contribution is -0.231. The number of ether oxygens (including phenoxy) is 1. The maximum absolute atomic E-state index is 13.8. The number of carbonyl (C=O) groups excluding carboxylic acids is 3. The summed E-state index contributed by atoms with van der Waals surface area (Å²) >= 11 is 0. The van der Waals surface area contributed by atoms with Crippen LogP contribution in [0, 0.1) is 0 Å². The van der Waals surface area contributed by atoms with Gasteiger partial charge < -0.3 is 41.3 Å². The van der Waals surface area contributed by atoms with E-state index in [0.717, 1.165) is 51.4 Å². The molecule has 0 aromatic rings. The van der Waals surface area contributed by atoms with Crippen LogP contribution in [0.15, 0.2) is 0 Å². The SMILES string of the molecule is CCCCCCCCCCCCCCCCCCN(C(=O)CCCCCCCCCCC)[C@@H]1O[C@H](CO)[C@@H](O)[C@H](O)[C@H]1NC(=O)CNC(=O)CN. The first-order valence-electron chi connectivity index (χ1n) is 21.0. The smallest absolute Gasteiger partial charge is 0.239 e. The summed E-state index contributed by atoms with van der Waals surface area (Å²) in [5, 5.41) is 36.7. The van der Waals surface area contributed by atoms with E-state index in [4.69, 9.17) is 10.5 Å². The number of nitrogens with two attached hydrogens (primary N) is 1. The quantitative estimate of drug-likeness (QED) is 0.0447. The van der Waals surface area contributed by atoms with Gasteiger partial charge in [0.25, 0.3) is 0 Å². The van der Waals surface area contributed by atoms with E-state index in [0.29, 0.717) is 13.0 Å². The predicted octanol–water partition coefficient (Wildman–Crippen LogP) is 6.00. The Hall–Kier alpha value is -1.79. The fourth-order valence-electron chi connectivity index (χ4n) is 6.96. The summed E-state index contributed by atoms with van der Waals surface area (Å²) in [6.45, 7) is 3.64. The topological polar surface area (TPSA) is 174 Å². The number of carbonyl (C=O) groups is 3. The van der Waals surface area contributed by atoms with Gasteiger partial charge in [-0.15, -0.1) is 0 Å². The average molecular weight is 727 g/mol. The third-order valence-corrected chi connectivity index (χ3v) is 10.2. The van der Waals surface area contributed by atoms with Gasteiger partial charge in [-0.1, -0.05) is 162 Å². The zero-order valence-electron chi connectivity index (χ0n) is 32.6. The number of nitrogens with one attached hydrogen (secondary N) is 2. The average Bonchev–Trinajstić information content (AvgIpc) is 3.13. The highest BCUT2D eigenvalue weighted by Crippen LogP contribution is 2.26. The first-order chi connectivity index (χ1) is 24.8. The number of hydrogen-bond acceptors (Lipinski definition) is 8. The molecule has 11 heteroatoms. The monoisotopic (exact) mass is 727 g/mol. The predicted molar refractivity (Wildman–Crippen MR) is 205 cm³/mol. The molecule has 0 aliphatic carbocycles. The van der Waals surface area contributed by atoms with Crippen LogP contribution in [0.4, 0.5) is 0 Å². The zero-order valence-corrected chi connectivity index (χ0v) is 32.6. The molecule has 0 unspecified atom stereocenters. The number of unbranched alkanes of at least 4 members (excludes halogenated alkanes) is 23. The van der Waals surface area contributed by atoms with Gasteiger partial charge in [-0.25, -0.2) is 0 Å². The Kier molecular flexibility index (Phi) is 29.4. The van der Waals surface area contributed by atoms with Crippen molar-refractivity contribution in [3.63, 3.8) is 0 Å². The van der Waals surface area contributed by atoms with E-state index in [1.807, 2.05) is 0 Å². The van der Waals surface area contributed by atoms with Crippen molar-refractivity contribution in [2.75, 3.05) is 26.2 Å². The molecule has 1 heterocycles. The Bertz CT molecular complexity index is 880. The summed E-state index contributed by atoms with van der Waals surface area (Å²) in [7, 11) is 0. The highest BCUT2D eigenvalue weighted by Gasteiger charge is 2.48. The van der Waals surface area contributed by atoms with Crippen LogP contribution >= 0.6 is 0 Å². The van der Waals surface area contributed by atoms with E-state index in [2.05, 4.69) is 24.5 Å². The first kappa shape index (κ1) is 47.2. The summed E-state index contributed by atoms with van der Waals surface area (Å²) in [6.07, 6.45) is 25.1. The second-order valence-corrected chi connectivity index (χ2v) is 14.8. The van der Waals surface area contributed by atoms with Crippen LogP contribution in [0.1, 0.15) is 181 Å². The lowest BCUT2D eigenvalue weighted by atomic mass is 9.94. The molecule has 0 aromatic carbocycles. The van der Waals surface area contributed by atoms with E-state index in [9.17, 15) is 29.7 Å². The number of nitrogens with zero attached hydrogens (tertiary/aromatic N) is 1. The van der Waals surface area contributed by atoms with Gasteiger partial charge in [0.15, 0.2) is 6.23 Å². The molecular weight excluding hydrogens is 648 g/mol. The van der Waals surface area contributed by atoms with Crippen molar-refractivity contribution in [1.29, 1.82) is 0 Å². The molecular formula is C40H78N4O7. The maximum Gasteiger partial charge on any atom is 0.239 e. The molecule has 1 saturated heterocycles. The number of amides is 3. The van der Waals surface area contributed by atoms with Crippen molar-refractivity contribution in [2.24, 2.45) is 5.73 Å². The molecule has 1 aliphatic rings. The molecule has 0 spiro atoms. The molecule has 0 radical (unpaired) electrons. The molecule has 1 fully saturated rings. The summed E-state index contributed by atoms with van der Waals surface area (Å²) in [5.74, 6) is -1.26. The molecule has 0 saturated carbocycles. The first-order valence-corrected chi connectivity index (χ1v) is 21.0. The minimum atomic E-state index is -1.50.